The maximum Gasteiger partial charge on any atom is 0.317 e. The van der Waals surface area contributed by atoms with Crippen molar-refractivity contribution in [1.82, 2.24) is 15.5 Å². The van der Waals surface area contributed by atoms with Gasteiger partial charge in [0.1, 0.15) is 0 Å². The van der Waals surface area contributed by atoms with Crippen LogP contribution in [-0.4, -0.2) is 53.7 Å². The number of carboxylic acids is 1. The van der Waals surface area contributed by atoms with Gasteiger partial charge in [0.25, 0.3) is 0 Å². The minimum absolute atomic E-state index is 0.0721. The number of hydrogen-bond donors (Lipinski definition) is 3. The number of carbonyl (C=O) groups is 2. The molecule has 1 aromatic carbocycles. The Morgan fingerprint density at radius 1 is 1.19 bits per heavy atom. The summed E-state index contributed by atoms with van der Waals surface area (Å²) < 4.78 is 0. The zero-order valence-corrected chi connectivity index (χ0v) is 16.1. The van der Waals surface area contributed by atoms with Crippen LogP contribution >= 0.6 is 0 Å². The van der Waals surface area contributed by atoms with Crippen molar-refractivity contribution in [2.45, 2.75) is 57.0 Å². The summed E-state index contributed by atoms with van der Waals surface area (Å²) >= 11 is 0. The van der Waals surface area contributed by atoms with E-state index in [1.165, 1.54) is 18.4 Å². The molecule has 6 nitrogen and oxygen atoms in total. The van der Waals surface area contributed by atoms with Gasteiger partial charge in [-0.25, -0.2) is 4.79 Å². The standard InChI is InChI=1S/C21H31N3O3/c1-2-24(14-20(25)26)18-11-17(12-18)23-21(27)22-13-16-9-6-10-19(16)15-7-4-3-5-8-15/h3-5,7-8,16-19H,2,6,9-14H2,1H3,(H,25,26)(H2,22,23,27). The average Bonchev–Trinajstić information content (AvgIpc) is 3.10. The summed E-state index contributed by atoms with van der Waals surface area (Å²) in [6.45, 7) is 3.48. The van der Waals surface area contributed by atoms with Crippen LogP contribution in [0.25, 0.3) is 0 Å². The molecule has 1 aromatic rings. The van der Waals surface area contributed by atoms with Crippen molar-refractivity contribution in [3.05, 3.63) is 35.9 Å². The molecule has 2 fully saturated rings. The van der Waals surface area contributed by atoms with E-state index in [-0.39, 0.29) is 24.7 Å². The molecule has 2 saturated carbocycles. The van der Waals surface area contributed by atoms with Crippen molar-refractivity contribution in [2.24, 2.45) is 5.92 Å². The number of amides is 2. The third-order valence-electron chi connectivity index (χ3n) is 6.12. The first-order valence-electron chi connectivity index (χ1n) is 10.1. The summed E-state index contributed by atoms with van der Waals surface area (Å²) in [6.07, 6.45) is 5.22. The molecule has 3 N–H and O–H groups in total. The second-order valence-electron chi connectivity index (χ2n) is 7.84. The van der Waals surface area contributed by atoms with E-state index in [4.69, 9.17) is 5.11 Å². The minimum Gasteiger partial charge on any atom is -0.480 e. The van der Waals surface area contributed by atoms with Crippen molar-refractivity contribution in [3.8, 4) is 0 Å². The fourth-order valence-corrected chi connectivity index (χ4v) is 4.56. The Kier molecular flexibility index (Phi) is 6.72. The second kappa shape index (κ2) is 9.22. The van der Waals surface area contributed by atoms with Gasteiger partial charge in [-0.1, -0.05) is 43.7 Å². The highest BCUT2D eigenvalue weighted by Gasteiger charge is 2.35. The second-order valence-corrected chi connectivity index (χ2v) is 7.84. The number of nitrogens with zero attached hydrogens (tertiary/aromatic N) is 1. The Balaban J connectivity index is 1.39. The molecule has 2 atom stereocenters. The van der Waals surface area contributed by atoms with Crippen LogP contribution in [0.3, 0.4) is 0 Å². The van der Waals surface area contributed by atoms with Gasteiger partial charge >= 0.3 is 12.0 Å². The Morgan fingerprint density at radius 2 is 1.93 bits per heavy atom. The lowest BCUT2D eigenvalue weighted by molar-refractivity contribution is -0.139. The molecule has 0 bridgehead atoms. The molecule has 2 unspecified atom stereocenters. The molecule has 0 radical (unpaired) electrons. The quantitative estimate of drug-likeness (QED) is 0.654. The van der Waals surface area contributed by atoms with Crippen LogP contribution in [0.2, 0.25) is 0 Å². The van der Waals surface area contributed by atoms with E-state index in [1.807, 2.05) is 17.9 Å². The van der Waals surface area contributed by atoms with Gasteiger partial charge in [0.05, 0.1) is 6.54 Å². The van der Waals surface area contributed by atoms with Gasteiger partial charge < -0.3 is 15.7 Å². The SMILES string of the molecule is CCN(CC(=O)O)C1CC(NC(=O)NCC2CCCC2c2ccccc2)C1. The van der Waals surface area contributed by atoms with Gasteiger partial charge in [-0.2, -0.15) is 0 Å². The lowest BCUT2D eigenvalue weighted by Crippen LogP contribution is -2.56. The molecule has 0 aliphatic heterocycles. The van der Waals surface area contributed by atoms with Gasteiger partial charge in [-0.3, -0.25) is 9.69 Å². The van der Waals surface area contributed by atoms with E-state index >= 15 is 0 Å². The van der Waals surface area contributed by atoms with Crippen LogP contribution in [0.15, 0.2) is 30.3 Å². The molecule has 0 saturated heterocycles. The first-order chi connectivity index (χ1) is 13.1. The summed E-state index contributed by atoms with van der Waals surface area (Å²) in [6, 6.07) is 10.9. The number of aliphatic carboxylic acids is 1. The fraction of sp³-hybridized carbons (Fsp3) is 0.619. The van der Waals surface area contributed by atoms with E-state index in [1.54, 1.807) is 0 Å². The van der Waals surface area contributed by atoms with Gasteiger partial charge in [0, 0.05) is 18.6 Å². The maximum absolute atomic E-state index is 12.2. The first-order valence-corrected chi connectivity index (χ1v) is 10.1. The highest BCUT2D eigenvalue weighted by molar-refractivity contribution is 5.74. The van der Waals surface area contributed by atoms with E-state index in [0.717, 1.165) is 25.8 Å². The molecular formula is C21H31N3O3. The van der Waals surface area contributed by atoms with Gasteiger partial charge in [-0.15, -0.1) is 0 Å². The summed E-state index contributed by atoms with van der Waals surface area (Å²) in [5.41, 5.74) is 1.38. The molecule has 3 rings (SSSR count). The first kappa shape index (κ1) is 19.7. The number of benzene rings is 1. The number of nitrogens with one attached hydrogen (secondary N) is 2. The number of carboxylic acid groups (broad SMARTS) is 1. The van der Waals surface area contributed by atoms with Gasteiger partial charge in [0.2, 0.25) is 0 Å². The summed E-state index contributed by atoms with van der Waals surface area (Å²) in [5.74, 6) is 0.239. The van der Waals surface area contributed by atoms with E-state index in [0.29, 0.717) is 18.4 Å². The minimum atomic E-state index is -0.796. The largest absolute Gasteiger partial charge is 0.480 e. The van der Waals surface area contributed by atoms with Gasteiger partial charge in [-0.05, 0) is 49.6 Å². The Labute approximate surface area is 161 Å². The zero-order valence-electron chi connectivity index (χ0n) is 16.1. The number of urea groups is 1. The van der Waals surface area contributed by atoms with Crippen molar-refractivity contribution in [2.75, 3.05) is 19.6 Å². The van der Waals surface area contributed by atoms with E-state index in [9.17, 15) is 9.59 Å². The lowest BCUT2D eigenvalue weighted by atomic mass is 9.85. The van der Waals surface area contributed by atoms with Crippen LogP contribution in [0.1, 0.15) is 50.5 Å². The highest BCUT2D eigenvalue weighted by Crippen LogP contribution is 2.39. The molecule has 2 aliphatic rings. The van der Waals surface area contributed by atoms with E-state index in [2.05, 4.69) is 34.9 Å². The Bertz CT molecular complexity index is 631. The summed E-state index contributed by atoms with van der Waals surface area (Å²) in [4.78, 5) is 25.1. The van der Waals surface area contributed by atoms with Crippen LogP contribution in [0, 0.1) is 5.92 Å². The zero-order chi connectivity index (χ0) is 19.2. The molecule has 148 valence electrons. The van der Waals surface area contributed by atoms with Crippen LogP contribution < -0.4 is 10.6 Å². The number of rotatable bonds is 8. The molecule has 0 heterocycles. The van der Waals surface area contributed by atoms with Crippen LogP contribution in [-0.2, 0) is 4.79 Å². The Hall–Kier alpha value is -2.08. The highest BCUT2D eigenvalue weighted by atomic mass is 16.4. The van der Waals surface area contributed by atoms with Gasteiger partial charge in [0.15, 0.2) is 0 Å². The predicted octanol–water partition coefficient (Wildman–Crippen LogP) is 2.81. The fourth-order valence-electron chi connectivity index (χ4n) is 4.56. The third-order valence-corrected chi connectivity index (χ3v) is 6.12. The molecule has 6 heteroatoms. The van der Waals surface area contributed by atoms with E-state index < -0.39 is 5.97 Å². The molecule has 0 aromatic heterocycles. The molecular weight excluding hydrogens is 342 g/mol. The number of hydrogen-bond acceptors (Lipinski definition) is 3. The molecule has 2 amide bonds. The number of carbonyl (C=O) groups excluding carboxylic acids is 1. The predicted molar refractivity (Wildman–Crippen MR) is 105 cm³/mol. The third kappa shape index (κ3) is 5.22. The average molecular weight is 373 g/mol. The number of likely N-dealkylation sites (N-methyl/N-ethyl adjacent to an activating group) is 1. The normalized spacial score (nSPS) is 27.2. The monoisotopic (exact) mass is 373 g/mol. The van der Waals surface area contributed by atoms with Crippen LogP contribution in [0.4, 0.5) is 4.79 Å². The summed E-state index contributed by atoms with van der Waals surface area (Å²) in [7, 11) is 0. The molecule has 27 heavy (non-hydrogen) atoms. The molecule has 2 aliphatic carbocycles. The van der Waals surface area contributed by atoms with Crippen molar-refractivity contribution < 1.29 is 14.7 Å². The smallest absolute Gasteiger partial charge is 0.317 e. The summed E-state index contributed by atoms with van der Waals surface area (Å²) in [5, 5.41) is 15.0. The lowest BCUT2D eigenvalue weighted by Gasteiger charge is -2.42. The topological polar surface area (TPSA) is 81.7 Å². The maximum atomic E-state index is 12.2. The van der Waals surface area contributed by atoms with Crippen LogP contribution in [0.5, 0.6) is 0 Å². The Morgan fingerprint density at radius 3 is 2.59 bits per heavy atom. The molecule has 0 spiro atoms. The van der Waals surface area contributed by atoms with Crippen molar-refractivity contribution >= 4 is 12.0 Å². The van der Waals surface area contributed by atoms with Crippen molar-refractivity contribution in [3.63, 3.8) is 0 Å². The van der Waals surface area contributed by atoms with Crippen molar-refractivity contribution in [1.29, 1.82) is 0 Å².